The van der Waals surface area contributed by atoms with Crippen molar-refractivity contribution in [3.8, 4) is 0 Å². The third-order valence-electron chi connectivity index (χ3n) is 9.77. The van der Waals surface area contributed by atoms with Crippen molar-refractivity contribution in [1.29, 1.82) is 0 Å². The minimum absolute atomic E-state index is 0.196. The number of aliphatic hydroxyl groups is 3. The topological polar surface area (TPSA) is 77.8 Å². The molecule has 0 saturated heterocycles. The Kier molecular flexibility index (Phi) is 7.43. The molecule has 4 saturated carbocycles. The van der Waals surface area contributed by atoms with Crippen LogP contribution in [0.4, 0.5) is 0 Å². The molecule has 4 nitrogen and oxygen atoms in total. The van der Waals surface area contributed by atoms with Crippen molar-refractivity contribution in [1.82, 2.24) is 0 Å². The van der Waals surface area contributed by atoms with E-state index in [1.807, 2.05) is 13.0 Å². The molecule has 0 aliphatic heterocycles. The van der Waals surface area contributed by atoms with Gasteiger partial charge in [0.2, 0.25) is 0 Å². The Morgan fingerprint density at radius 1 is 1.18 bits per heavy atom. The first-order chi connectivity index (χ1) is 16.1. The molecule has 0 aromatic rings. The summed E-state index contributed by atoms with van der Waals surface area (Å²) in [6.45, 7) is 10.7. The first-order valence-corrected chi connectivity index (χ1v) is 13.5. The Hall–Kier alpha value is -1.49. The van der Waals surface area contributed by atoms with Crippen molar-refractivity contribution >= 4 is 5.78 Å². The van der Waals surface area contributed by atoms with Crippen LogP contribution in [0.5, 0.6) is 0 Å². The Morgan fingerprint density at radius 2 is 1.91 bits per heavy atom. The number of ketones is 1. The van der Waals surface area contributed by atoms with Crippen LogP contribution < -0.4 is 0 Å². The van der Waals surface area contributed by atoms with E-state index in [4.69, 9.17) is 0 Å². The molecule has 4 heteroatoms. The zero-order chi connectivity index (χ0) is 24.7. The fourth-order valence-electron chi connectivity index (χ4n) is 7.43. The standard InChI is InChI=1S/C30H44O4/c1-5-27(33)30(15-16-30)28(34)13-8-19(2)24-11-12-25-21(7-6-14-29(24,25)4)9-10-22-17-23(31)18-26(32)20(22)3/h8-10,13,19,23-26,28,31-32,34H,3,5-7,11-12,14-18H2,1-2,4H3/t19-,23-,24-,25+,26+,28+,29-/m1/s1. The molecule has 34 heavy (non-hydrogen) atoms. The van der Waals surface area contributed by atoms with Crippen molar-refractivity contribution in [2.75, 3.05) is 0 Å². The van der Waals surface area contributed by atoms with Crippen LogP contribution >= 0.6 is 0 Å². The van der Waals surface area contributed by atoms with E-state index in [0.29, 0.717) is 37.0 Å². The summed E-state index contributed by atoms with van der Waals surface area (Å²) in [5.74, 6) is 1.66. The van der Waals surface area contributed by atoms with Gasteiger partial charge in [0, 0.05) is 12.8 Å². The van der Waals surface area contributed by atoms with Crippen LogP contribution in [0.25, 0.3) is 0 Å². The van der Waals surface area contributed by atoms with Gasteiger partial charge in [0.15, 0.2) is 0 Å². The summed E-state index contributed by atoms with van der Waals surface area (Å²) in [6.07, 6.45) is 15.6. The van der Waals surface area contributed by atoms with Gasteiger partial charge in [-0.2, -0.15) is 0 Å². The lowest BCUT2D eigenvalue weighted by molar-refractivity contribution is -0.126. The van der Waals surface area contributed by atoms with Gasteiger partial charge in [-0.3, -0.25) is 4.79 Å². The third kappa shape index (κ3) is 4.66. The molecular formula is C30H44O4. The fraction of sp³-hybridized carbons (Fsp3) is 0.700. The summed E-state index contributed by atoms with van der Waals surface area (Å²) in [4.78, 5) is 12.3. The molecule has 0 heterocycles. The second kappa shape index (κ2) is 9.87. The smallest absolute Gasteiger partial charge is 0.141 e. The van der Waals surface area contributed by atoms with E-state index in [9.17, 15) is 20.1 Å². The molecule has 0 radical (unpaired) electrons. The second-order valence-corrected chi connectivity index (χ2v) is 11.8. The maximum atomic E-state index is 12.3. The summed E-state index contributed by atoms with van der Waals surface area (Å²) in [5, 5.41) is 31.0. The molecule has 0 spiro atoms. The lowest BCUT2D eigenvalue weighted by atomic mass is 9.61. The van der Waals surface area contributed by atoms with E-state index < -0.39 is 23.7 Å². The SMILES string of the molecule is C=C1C(=CC=C2CCC[C@]3(C)[C@@H]([C@H](C)C=C[C@H](O)C4(C(=O)CC)CC4)CC[C@@H]23)C[C@@H](O)C[C@@H]1O. The van der Waals surface area contributed by atoms with E-state index in [2.05, 4.69) is 38.7 Å². The Morgan fingerprint density at radius 3 is 2.59 bits per heavy atom. The van der Waals surface area contributed by atoms with Gasteiger partial charge in [-0.1, -0.05) is 57.2 Å². The average molecular weight is 469 g/mol. The molecule has 7 atom stereocenters. The molecule has 4 rings (SSSR count). The zero-order valence-electron chi connectivity index (χ0n) is 21.3. The largest absolute Gasteiger partial charge is 0.393 e. The number of hydrogen-bond donors (Lipinski definition) is 3. The lowest BCUT2D eigenvalue weighted by Crippen LogP contribution is -2.35. The predicted molar refractivity (Wildman–Crippen MR) is 136 cm³/mol. The minimum Gasteiger partial charge on any atom is -0.393 e. The number of hydrogen-bond acceptors (Lipinski definition) is 4. The molecule has 0 aromatic carbocycles. The second-order valence-electron chi connectivity index (χ2n) is 11.8. The summed E-state index contributed by atoms with van der Waals surface area (Å²) < 4.78 is 0. The van der Waals surface area contributed by atoms with Crippen LogP contribution in [0, 0.1) is 28.6 Å². The Labute approximate surface area is 205 Å². The van der Waals surface area contributed by atoms with Crippen molar-refractivity contribution in [2.45, 2.75) is 103 Å². The number of carbonyl (C=O) groups is 1. The first kappa shape index (κ1) is 25.6. The maximum absolute atomic E-state index is 12.3. The molecule has 4 aliphatic rings. The highest BCUT2D eigenvalue weighted by Crippen LogP contribution is 2.59. The van der Waals surface area contributed by atoms with Crippen LogP contribution in [0.15, 0.2) is 47.6 Å². The van der Waals surface area contributed by atoms with E-state index in [1.165, 1.54) is 31.3 Å². The van der Waals surface area contributed by atoms with Gasteiger partial charge >= 0.3 is 0 Å². The van der Waals surface area contributed by atoms with Gasteiger partial charge in [-0.05, 0) is 85.7 Å². The van der Waals surface area contributed by atoms with E-state index in [0.717, 1.165) is 30.4 Å². The number of rotatable bonds is 7. The van der Waals surface area contributed by atoms with Crippen molar-refractivity contribution in [3.63, 3.8) is 0 Å². The Bertz CT molecular complexity index is 891. The van der Waals surface area contributed by atoms with E-state index >= 15 is 0 Å². The van der Waals surface area contributed by atoms with Crippen molar-refractivity contribution < 1.29 is 20.1 Å². The summed E-state index contributed by atoms with van der Waals surface area (Å²) >= 11 is 0. The summed E-state index contributed by atoms with van der Waals surface area (Å²) in [7, 11) is 0. The van der Waals surface area contributed by atoms with Crippen molar-refractivity contribution in [3.05, 3.63) is 47.6 Å². The highest BCUT2D eigenvalue weighted by molar-refractivity contribution is 5.88. The van der Waals surface area contributed by atoms with E-state index in [1.54, 1.807) is 0 Å². The summed E-state index contributed by atoms with van der Waals surface area (Å²) in [6, 6.07) is 0. The maximum Gasteiger partial charge on any atom is 0.141 e. The molecule has 0 amide bonds. The molecular weight excluding hydrogens is 424 g/mol. The quantitative estimate of drug-likeness (QED) is 0.435. The Balaban J connectivity index is 1.47. The van der Waals surface area contributed by atoms with Crippen LogP contribution in [-0.2, 0) is 4.79 Å². The van der Waals surface area contributed by atoms with Gasteiger partial charge in [-0.15, -0.1) is 0 Å². The molecule has 0 bridgehead atoms. The highest BCUT2D eigenvalue weighted by Gasteiger charge is 2.53. The fourth-order valence-corrected chi connectivity index (χ4v) is 7.43. The molecule has 188 valence electrons. The number of Topliss-reactive ketones (excluding diaryl/α,β-unsaturated/α-hetero) is 1. The van der Waals surface area contributed by atoms with Gasteiger partial charge in [0.1, 0.15) is 5.78 Å². The van der Waals surface area contributed by atoms with Crippen molar-refractivity contribution in [2.24, 2.45) is 28.6 Å². The van der Waals surface area contributed by atoms with Crippen LogP contribution in [-0.4, -0.2) is 39.4 Å². The normalized spacial score (nSPS) is 39.4. The number of allylic oxidation sites excluding steroid dienone is 4. The monoisotopic (exact) mass is 468 g/mol. The van der Waals surface area contributed by atoms with Gasteiger partial charge in [-0.25, -0.2) is 0 Å². The zero-order valence-corrected chi connectivity index (χ0v) is 21.3. The number of carbonyl (C=O) groups excluding carboxylic acids is 1. The molecule has 4 fully saturated rings. The number of aliphatic hydroxyl groups excluding tert-OH is 3. The average Bonchev–Trinajstić information content (AvgIpc) is 3.54. The van der Waals surface area contributed by atoms with Gasteiger partial charge in [0.05, 0.1) is 23.7 Å². The number of fused-ring (bicyclic) bond motifs is 1. The van der Waals surface area contributed by atoms with E-state index in [-0.39, 0.29) is 11.2 Å². The molecule has 0 unspecified atom stereocenters. The first-order valence-electron chi connectivity index (χ1n) is 13.5. The predicted octanol–water partition coefficient (Wildman–Crippen LogP) is 5.44. The highest BCUT2D eigenvalue weighted by atomic mass is 16.3. The van der Waals surface area contributed by atoms with Crippen LogP contribution in [0.1, 0.15) is 85.0 Å². The summed E-state index contributed by atoms with van der Waals surface area (Å²) in [5.41, 5.74) is 2.94. The molecule has 3 N–H and O–H groups in total. The lowest BCUT2D eigenvalue weighted by Gasteiger charge is -2.44. The molecule has 0 aromatic heterocycles. The van der Waals surface area contributed by atoms with Crippen LogP contribution in [0.2, 0.25) is 0 Å². The van der Waals surface area contributed by atoms with Crippen LogP contribution in [0.3, 0.4) is 0 Å². The third-order valence-corrected chi connectivity index (χ3v) is 9.77. The van der Waals surface area contributed by atoms with Gasteiger partial charge < -0.3 is 15.3 Å². The minimum atomic E-state index is -0.657. The van der Waals surface area contributed by atoms with Gasteiger partial charge in [0.25, 0.3) is 0 Å². The molecule has 4 aliphatic carbocycles.